The molecule has 1 saturated carbocycles. The van der Waals surface area contributed by atoms with Gasteiger partial charge < -0.3 is 0 Å². The Balaban J connectivity index is 2.09. The van der Waals surface area contributed by atoms with Crippen molar-refractivity contribution in [1.82, 2.24) is 0 Å². The fourth-order valence-electron chi connectivity index (χ4n) is 1.66. The highest BCUT2D eigenvalue weighted by atomic mass is 28.2. The van der Waals surface area contributed by atoms with Gasteiger partial charge in [0.05, 0.1) is 0 Å². The molecule has 2 aliphatic rings. The highest BCUT2D eigenvalue weighted by molar-refractivity contribution is 6.37. The van der Waals surface area contributed by atoms with Crippen LogP contribution in [-0.4, -0.2) is 9.52 Å². The molecule has 0 amide bonds. The third-order valence-corrected chi connectivity index (χ3v) is 4.52. The maximum absolute atomic E-state index is 1.70. The first-order valence-corrected chi connectivity index (χ1v) is 4.97. The van der Waals surface area contributed by atoms with Crippen LogP contribution in [0.4, 0.5) is 0 Å². The fraction of sp³-hybridized carbons (Fsp3) is 1.00. The van der Waals surface area contributed by atoms with Crippen LogP contribution in [0.25, 0.3) is 0 Å². The van der Waals surface area contributed by atoms with Gasteiger partial charge in [-0.2, -0.15) is 0 Å². The molecular formula is C5H10Si. The molecule has 0 aromatic carbocycles. The lowest BCUT2D eigenvalue weighted by Gasteiger charge is -1.79. The standard InChI is InChI=1S/C5H10Si/c1-4-2-6-3-5(1)4/h4-5H,1-3,6H2. The monoisotopic (exact) mass is 98.1 g/mol. The minimum absolute atomic E-state index is 0.546. The van der Waals surface area contributed by atoms with Gasteiger partial charge in [-0.3, -0.25) is 0 Å². The zero-order valence-electron chi connectivity index (χ0n) is 3.98. The predicted molar refractivity (Wildman–Crippen MR) is 29.8 cm³/mol. The second-order valence-electron chi connectivity index (χ2n) is 2.69. The van der Waals surface area contributed by atoms with Crippen LogP contribution in [0.15, 0.2) is 0 Å². The summed E-state index contributed by atoms with van der Waals surface area (Å²) in [5.41, 5.74) is 0. The number of hydrogen-bond acceptors (Lipinski definition) is 0. The average Bonchev–Trinajstić information content (AvgIpc) is 2.17. The van der Waals surface area contributed by atoms with Crippen molar-refractivity contribution < 1.29 is 0 Å². The van der Waals surface area contributed by atoms with Gasteiger partial charge in [0.2, 0.25) is 0 Å². The normalized spacial score (nSPS) is 56.0. The second-order valence-corrected chi connectivity index (χ2v) is 4.55. The van der Waals surface area contributed by atoms with E-state index in [1.807, 2.05) is 0 Å². The summed E-state index contributed by atoms with van der Waals surface area (Å²) in [6.45, 7) is 0. The second kappa shape index (κ2) is 0.889. The number of rotatable bonds is 0. The highest BCUT2D eigenvalue weighted by Gasteiger charge is 2.40. The minimum Gasteiger partial charge on any atom is -0.0596 e. The molecule has 2 unspecified atom stereocenters. The lowest BCUT2D eigenvalue weighted by atomic mass is 10.4. The quantitative estimate of drug-likeness (QED) is 0.390. The van der Waals surface area contributed by atoms with Crippen molar-refractivity contribution in [2.24, 2.45) is 11.8 Å². The fourth-order valence-corrected chi connectivity index (χ4v) is 4.36. The summed E-state index contributed by atoms with van der Waals surface area (Å²) in [6.07, 6.45) is 1.62. The maximum atomic E-state index is 1.70. The minimum atomic E-state index is 0.546. The van der Waals surface area contributed by atoms with Crippen LogP contribution in [0.5, 0.6) is 0 Å². The van der Waals surface area contributed by atoms with Gasteiger partial charge in [0, 0.05) is 9.52 Å². The summed E-state index contributed by atoms with van der Waals surface area (Å²) in [5.74, 6) is 2.55. The zero-order chi connectivity index (χ0) is 3.98. The third-order valence-electron chi connectivity index (χ3n) is 2.22. The van der Waals surface area contributed by atoms with Crippen molar-refractivity contribution in [3.8, 4) is 0 Å². The summed E-state index contributed by atoms with van der Waals surface area (Å²) in [7, 11) is 0.546. The first kappa shape index (κ1) is 3.25. The van der Waals surface area contributed by atoms with E-state index in [1.165, 1.54) is 11.8 Å². The Hall–Kier alpha value is 0.217. The lowest BCUT2D eigenvalue weighted by molar-refractivity contribution is 0.882. The van der Waals surface area contributed by atoms with Gasteiger partial charge in [-0.25, -0.2) is 0 Å². The van der Waals surface area contributed by atoms with Gasteiger partial charge in [0.25, 0.3) is 0 Å². The Labute approximate surface area is 40.8 Å². The third kappa shape index (κ3) is 0.292. The van der Waals surface area contributed by atoms with E-state index in [9.17, 15) is 0 Å². The van der Waals surface area contributed by atoms with E-state index < -0.39 is 0 Å². The van der Waals surface area contributed by atoms with Crippen LogP contribution in [0.3, 0.4) is 0 Å². The smallest absolute Gasteiger partial charge is 0.0203 e. The van der Waals surface area contributed by atoms with Crippen molar-refractivity contribution >= 4 is 9.52 Å². The Bertz CT molecular complexity index is 62.3. The van der Waals surface area contributed by atoms with Crippen LogP contribution < -0.4 is 0 Å². The highest BCUT2D eigenvalue weighted by Crippen LogP contribution is 2.49. The van der Waals surface area contributed by atoms with Gasteiger partial charge in [0.1, 0.15) is 0 Å². The number of hydrogen-bond donors (Lipinski definition) is 0. The number of fused-ring (bicyclic) bond motifs is 1. The molecule has 0 radical (unpaired) electrons. The molecule has 2 rings (SSSR count). The molecule has 1 heteroatoms. The SMILES string of the molecule is C1[SiH2]CC2CC12. The van der Waals surface area contributed by atoms with Crippen LogP contribution in [0, 0.1) is 11.8 Å². The Morgan fingerprint density at radius 2 is 1.83 bits per heavy atom. The van der Waals surface area contributed by atoms with Crippen molar-refractivity contribution in [1.29, 1.82) is 0 Å². The van der Waals surface area contributed by atoms with E-state index in [1.54, 1.807) is 18.5 Å². The van der Waals surface area contributed by atoms with Gasteiger partial charge in [-0.05, 0) is 18.3 Å². The lowest BCUT2D eigenvalue weighted by Crippen LogP contribution is -1.78. The Morgan fingerprint density at radius 3 is 2.00 bits per heavy atom. The molecule has 34 valence electrons. The van der Waals surface area contributed by atoms with E-state index in [4.69, 9.17) is 0 Å². The van der Waals surface area contributed by atoms with E-state index in [0.717, 1.165) is 0 Å². The molecule has 1 aliphatic heterocycles. The van der Waals surface area contributed by atoms with Crippen LogP contribution in [0.2, 0.25) is 12.1 Å². The zero-order valence-corrected chi connectivity index (χ0v) is 5.40. The van der Waals surface area contributed by atoms with E-state index in [0.29, 0.717) is 9.52 Å². The van der Waals surface area contributed by atoms with Gasteiger partial charge in [-0.1, -0.05) is 12.1 Å². The van der Waals surface area contributed by atoms with E-state index in [2.05, 4.69) is 0 Å². The molecular weight excluding hydrogens is 88.1 g/mol. The Morgan fingerprint density at radius 1 is 1.17 bits per heavy atom. The van der Waals surface area contributed by atoms with Gasteiger partial charge in [0.15, 0.2) is 0 Å². The van der Waals surface area contributed by atoms with Gasteiger partial charge >= 0.3 is 0 Å². The van der Waals surface area contributed by atoms with Crippen LogP contribution in [-0.2, 0) is 0 Å². The van der Waals surface area contributed by atoms with E-state index in [-0.39, 0.29) is 0 Å². The molecule has 0 spiro atoms. The summed E-state index contributed by atoms with van der Waals surface area (Å²) >= 11 is 0. The van der Waals surface area contributed by atoms with E-state index >= 15 is 0 Å². The van der Waals surface area contributed by atoms with Crippen molar-refractivity contribution in [3.63, 3.8) is 0 Å². The van der Waals surface area contributed by atoms with Gasteiger partial charge in [-0.15, -0.1) is 0 Å². The molecule has 0 aromatic heterocycles. The first-order chi connectivity index (χ1) is 2.97. The van der Waals surface area contributed by atoms with Crippen LogP contribution in [0.1, 0.15) is 6.42 Å². The molecule has 0 nitrogen and oxygen atoms in total. The molecule has 1 heterocycles. The molecule has 1 saturated heterocycles. The molecule has 2 atom stereocenters. The Kier molecular flexibility index (Phi) is 0.481. The maximum Gasteiger partial charge on any atom is 0.0203 e. The topological polar surface area (TPSA) is 0 Å². The molecule has 1 aliphatic carbocycles. The molecule has 0 aromatic rings. The van der Waals surface area contributed by atoms with Crippen molar-refractivity contribution in [3.05, 3.63) is 0 Å². The summed E-state index contributed by atoms with van der Waals surface area (Å²) in [4.78, 5) is 0. The summed E-state index contributed by atoms with van der Waals surface area (Å²) in [6, 6.07) is 3.40. The van der Waals surface area contributed by atoms with Crippen molar-refractivity contribution in [2.45, 2.75) is 18.5 Å². The first-order valence-electron chi connectivity index (χ1n) is 2.97. The summed E-state index contributed by atoms with van der Waals surface area (Å²) < 4.78 is 0. The average molecular weight is 98.2 g/mol. The molecule has 0 N–H and O–H groups in total. The molecule has 0 bridgehead atoms. The largest absolute Gasteiger partial charge is 0.0596 e. The predicted octanol–water partition coefficient (Wildman–Crippen LogP) is 0.641. The van der Waals surface area contributed by atoms with Crippen LogP contribution >= 0.6 is 0 Å². The molecule has 2 fully saturated rings. The van der Waals surface area contributed by atoms with Crippen molar-refractivity contribution in [2.75, 3.05) is 0 Å². The molecule has 6 heavy (non-hydrogen) atoms. The summed E-state index contributed by atoms with van der Waals surface area (Å²) in [5, 5.41) is 0.